The molecule has 1 saturated carbocycles. The molecule has 0 atom stereocenters. The van der Waals surface area contributed by atoms with Gasteiger partial charge in [0, 0.05) is 25.9 Å². The predicted octanol–water partition coefficient (Wildman–Crippen LogP) is 2.92. The summed E-state index contributed by atoms with van der Waals surface area (Å²) >= 11 is 0. The lowest BCUT2D eigenvalue weighted by atomic mass is 9.64. The summed E-state index contributed by atoms with van der Waals surface area (Å²) in [5.74, 6) is 1.74. The molecule has 0 unspecified atom stereocenters. The molecule has 1 aliphatic heterocycles. The van der Waals surface area contributed by atoms with Crippen LogP contribution >= 0.6 is 0 Å². The molecule has 5 nitrogen and oxygen atoms in total. The quantitative estimate of drug-likeness (QED) is 0.896. The summed E-state index contributed by atoms with van der Waals surface area (Å²) in [6, 6.07) is 6.46. The Morgan fingerprint density at radius 3 is 2.85 bits per heavy atom. The summed E-state index contributed by atoms with van der Waals surface area (Å²) in [5.41, 5.74) is 0.224. The lowest BCUT2D eigenvalue weighted by Crippen LogP contribution is -2.49. The number of benzene rings is 1. The molecular formula is C20H25FN4O. The molecule has 0 bridgehead atoms. The summed E-state index contributed by atoms with van der Waals surface area (Å²) < 4.78 is 15.8. The fourth-order valence-corrected chi connectivity index (χ4v) is 4.15. The number of aryl methyl sites for hydroxylation is 1. The van der Waals surface area contributed by atoms with Crippen molar-refractivity contribution < 1.29 is 9.18 Å². The Kier molecular flexibility index (Phi) is 4.74. The Morgan fingerprint density at radius 1 is 1.19 bits per heavy atom. The average molecular weight is 356 g/mol. The highest BCUT2D eigenvalue weighted by Gasteiger charge is 2.45. The molecule has 4 rings (SSSR count). The van der Waals surface area contributed by atoms with E-state index in [9.17, 15) is 9.18 Å². The Hall–Kier alpha value is -2.24. The van der Waals surface area contributed by atoms with E-state index in [1.807, 2.05) is 6.07 Å². The molecule has 1 fully saturated rings. The molecule has 2 aliphatic rings. The van der Waals surface area contributed by atoms with Gasteiger partial charge < -0.3 is 9.88 Å². The molecule has 0 spiro atoms. The van der Waals surface area contributed by atoms with E-state index in [-0.39, 0.29) is 11.7 Å². The van der Waals surface area contributed by atoms with Gasteiger partial charge in [0.15, 0.2) is 0 Å². The first-order valence-electron chi connectivity index (χ1n) is 9.64. The van der Waals surface area contributed by atoms with Crippen LogP contribution in [0.2, 0.25) is 0 Å². The Labute approximate surface area is 153 Å². The Balaban J connectivity index is 1.40. The lowest BCUT2D eigenvalue weighted by molar-refractivity contribution is -0.129. The molecule has 1 amide bonds. The maximum absolute atomic E-state index is 13.6. The summed E-state index contributed by atoms with van der Waals surface area (Å²) in [5, 5.41) is 11.7. The number of nitrogens with one attached hydrogen (secondary N) is 1. The minimum absolute atomic E-state index is 0.00459. The van der Waals surface area contributed by atoms with Crippen LogP contribution in [0.25, 0.3) is 0 Å². The van der Waals surface area contributed by atoms with E-state index in [0.29, 0.717) is 13.0 Å². The molecule has 2 heterocycles. The fourth-order valence-electron chi connectivity index (χ4n) is 4.15. The molecule has 1 aliphatic carbocycles. The van der Waals surface area contributed by atoms with Gasteiger partial charge >= 0.3 is 0 Å². The molecule has 1 aromatic carbocycles. The zero-order chi connectivity index (χ0) is 18.0. The van der Waals surface area contributed by atoms with Crippen molar-refractivity contribution in [3.05, 3.63) is 47.3 Å². The highest BCUT2D eigenvalue weighted by atomic mass is 19.1. The third-order valence-corrected chi connectivity index (χ3v) is 5.84. The normalized spacial score (nSPS) is 18.5. The van der Waals surface area contributed by atoms with Crippen molar-refractivity contribution in [2.45, 2.75) is 63.3 Å². The molecule has 0 radical (unpaired) electrons. The minimum Gasteiger partial charge on any atom is -0.355 e. The highest BCUT2D eigenvalue weighted by Crippen LogP contribution is 2.44. The standard InChI is InChI=1S/C20H25FN4O/c21-16-7-4-6-15(14-16)20(10-5-11-20)19(26)22-12-9-18-24-23-17-8-2-1-3-13-25(17)18/h4,6-7,14H,1-3,5,8-13H2,(H,22,26). The fraction of sp³-hybridized carbons (Fsp3) is 0.550. The van der Waals surface area contributed by atoms with Gasteiger partial charge in [0.1, 0.15) is 17.5 Å². The second-order valence-corrected chi connectivity index (χ2v) is 7.45. The van der Waals surface area contributed by atoms with Crippen LogP contribution in [0.5, 0.6) is 0 Å². The van der Waals surface area contributed by atoms with Gasteiger partial charge in [0.05, 0.1) is 5.41 Å². The number of hydrogen-bond donors (Lipinski definition) is 1. The molecule has 1 N–H and O–H groups in total. The van der Waals surface area contributed by atoms with Crippen molar-refractivity contribution in [2.75, 3.05) is 6.54 Å². The number of fused-ring (bicyclic) bond motifs is 1. The van der Waals surface area contributed by atoms with Crippen LogP contribution in [0.4, 0.5) is 4.39 Å². The Morgan fingerprint density at radius 2 is 2.08 bits per heavy atom. The lowest BCUT2D eigenvalue weighted by Gasteiger charge is -2.40. The summed E-state index contributed by atoms with van der Waals surface area (Å²) in [4.78, 5) is 12.9. The zero-order valence-corrected chi connectivity index (χ0v) is 15.0. The molecule has 138 valence electrons. The highest BCUT2D eigenvalue weighted by molar-refractivity contribution is 5.89. The van der Waals surface area contributed by atoms with Gasteiger partial charge in [-0.05, 0) is 43.4 Å². The van der Waals surface area contributed by atoms with Crippen LogP contribution in [0.3, 0.4) is 0 Å². The topological polar surface area (TPSA) is 59.8 Å². The molecular weight excluding hydrogens is 331 g/mol. The van der Waals surface area contributed by atoms with Gasteiger partial charge in [-0.3, -0.25) is 4.79 Å². The van der Waals surface area contributed by atoms with Gasteiger partial charge in [0.25, 0.3) is 0 Å². The van der Waals surface area contributed by atoms with E-state index in [2.05, 4.69) is 20.1 Å². The van der Waals surface area contributed by atoms with Crippen LogP contribution in [-0.2, 0) is 29.6 Å². The van der Waals surface area contributed by atoms with Crippen LogP contribution in [0, 0.1) is 5.82 Å². The van der Waals surface area contributed by atoms with Crippen molar-refractivity contribution in [3.63, 3.8) is 0 Å². The van der Waals surface area contributed by atoms with E-state index in [1.54, 1.807) is 6.07 Å². The van der Waals surface area contributed by atoms with Crippen LogP contribution < -0.4 is 5.32 Å². The van der Waals surface area contributed by atoms with Gasteiger partial charge in [-0.25, -0.2) is 4.39 Å². The number of nitrogens with zero attached hydrogens (tertiary/aromatic N) is 3. The second-order valence-electron chi connectivity index (χ2n) is 7.45. The molecule has 2 aromatic rings. The maximum atomic E-state index is 13.6. The monoisotopic (exact) mass is 356 g/mol. The number of carbonyl (C=O) groups excluding carboxylic acids is 1. The number of halogens is 1. The predicted molar refractivity (Wildman–Crippen MR) is 96.2 cm³/mol. The third kappa shape index (κ3) is 3.13. The first-order chi connectivity index (χ1) is 12.7. The first kappa shape index (κ1) is 17.2. The number of hydrogen-bond acceptors (Lipinski definition) is 3. The summed E-state index contributed by atoms with van der Waals surface area (Å²) in [6.07, 6.45) is 7.79. The van der Waals surface area contributed by atoms with Gasteiger partial charge in [0.2, 0.25) is 5.91 Å². The molecule has 1 aromatic heterocycles. The Bertz CT molecular complexity index is 797. The molecule has 6 heteroatoms. The van der Waals surface area contributed by atoms with Crippen molar-refractivity contribution >= 4 is 5.91 Å². The van der Waals surface area contributed by atoms with E-state index in [4.69, 9.17) is 0 Å². The largest absolute Gasteiger partial charge is 0.355 e. The van der Waals surface area contributed by atoms with Crippen molar-refractivity contribution in [1.82, 2.24) is 20.1 Å². The van der Waals surface area contributed by atoms with Crippen molar-refractivity contribution in [2.24, 2.45) is 0 Å². The SMILES string of the molecule is O=C(NCCc1nnc2n1CCCCC2)C1(c2cccc(F)c2)CCC1. The average Bonchev–Trinajstić information content (AvgIpc) is 2.82. The third-order valence-electron chi connectivity index (χ3n) is 5.84. The van der Waals surface area contributed by atoms with E-state index in [1.165, 1.54) is 25.0 Å². The van der Waals surface area contributed by atoms with Crippen LogP contribution in [0.15, 0.2) is 24.3 Å². The number of rotatable bonds is 5. The van der Waals surface area contributed by atoms with Gasteiger partial charge in [-0.1, -0.05) is 25.0 Å². The van der Waals surface area contributed by atoms with E-state index in [0.717, 1.165) is 55.9 Å². The zero-order valence-electron chi connectivity index (χ0n) is 15.0. The second kappa shape index (κ2) is 7.17. The maximum Gasteiger partial charge on any atom is 0.230 e. The minimum atomic E-state index is -0.566. The molecule has 0 saturated heterocycles. The number of amides is 1. The van der Waals surface area contributed by atoms with Gasteiger partial charge in [-0.15, -0.1) is 10.2 Å². The van der Waals surface area contributed by atoms with E-state index < -0.39 is 5.41 Å². The smallest absolute Gasteiger partial charge is 0.230 e. The van der Waals surface area contributed by atoms with E-state index >= 15 is 0 Å². The van der Waals surface area contributed by atoms with Crippen molar-refractivity contribution in [1.29, 1.82) is 0 Å². The summed E-state index contributed by atoms with van der Waals surface area (Å²) in [7, 11) is 0. The number of aromatic nitrogens is 3. The van der Waals surface area contributed by atoms with Crippen molar-refractivity contribution in [3.8, 4) is 0 Å². The van der Waals surface area contributed by atoms with Gasteiger partial charge in [-0.2, -0.15) is 0 Å². The van der Waals surface area contributed by atoms with Crippen LogP contribution in [-0.4, -0.2) is 27.2 Å². The molecule has 26 heavy (non-hydrogen) atoms. The van der Waals surface area contributed by atoms with Crippen LogP contribution in [0.1, 0.15) is 55.7 Å². The number of carbonyl (C=O) groups is 1. The first-order valence-corrected chi connectivity index (χ1v) is 9.64. The summed E-state index contributed by atoms with van der Waals surface area (Å²) in [6.45, 7) is 1.51.